The van der Waals surface area contributed by atoms with E-state index in [-0.39, 0.29) is 12.5 Å². The van der Waals surface area contributed by atoms with Gasteiger partial charge in [0.05, 0.1) is 6.21 Å². The van der Waals surface area contributed by atoms with E-state index in [0.717, 1.165) is 11.1 Å². The van der Waals surface area contributed by atoms with Gasteiger partial charge in [-0.2, -0.15) is 5.10 Å². The number of carbonyl (C=O) groups is 1. The molecule has 2 rings (SSSR count). The van der Waals surface area contributed by atoms with E-state index in [1.165, 1.54) is 6.21 Å². The minimum absolute atomic E-state index is 0.0856. The molecule has 0 spiro atoms. The predicted molar refractivity (Wildman–Crippen MR) is 83.9 cm³/mol. The van der Waals surface area contributed by atoms with Gasteiger partial charge in [0.25, 0.3) is 5.91 Å². The fourth-order valence-corrected chi connectivity index (χ4v) is 1.86. The molecule has 2 aromatic rings. The third-order valence-electron chi connectivity index (χ3n) is 2.70. The first-order valence-electron chi connectivity index (χ1n) is 6.41. The molecule has 5 heteroatoms. The lowest BCUT2D eigenvalue weighted by atomic mass is 10.2. The molecule has 0 aliphatic heterocycles. The molecule has 2 aromatic carbocycles. The van der Waals surface area contributed by atoms with Crippen molar-refractivity contribution in [3.05, 3.63) is 64.7 Å². The second-order valence-corrected chi connectivity index (χ2v) is 4.84. The van der Waals surface area contributed by atoms with Gasteiger partial charge in [-0.25, -0.2) is 5.43 Å². The Hall–Kier alpha value is -2.33. The van der Waals surface area contributed by atoms with E-state index in [0.29, 0.717) is 10.8 Å². The molecule has 0 aromatic heterocycles. The van der Waals surface area contributed by atoms with Gasteiger partial charge >= 0.3 is 0 Å². The lowest BCUT2D eigenvalue weighted by Gasteiger charge is -2.07. The Balaban J connectivity index is 1.81. The number of carbonyl (C=O) groups excluding carboxylic acids is 1. The van der Waals surface area contributed by atoms with E-state index in [2.05, 4.69) is 10.5 Å². The van der Waals surface area contributed by atoms with E-state index in [9.17, 15) is 4.79 Å². The van der Waals surface area contributed by atoms with Crippen molar-refractivity contribution in [2.45, 2.75) is 6.92 Å². The fourth-order valence-electron chi connectivity index (χ4n) is 1.66. The average Bonchev–Trinajstić information content (AvgIpc) is 2.46. The average molecular weight is 303 g/mol. The summed E-state index contributed by atoms with van der Waals surface area (Å²) in [6, 6.07) is 14.7. The van der Waals surface area contributed by atoms with E-state index < -0.39 is 0 Å². The van der Waals surface area contributed by atoms with Gasteiger partial charge in [0.1, 0.15) is 5.75 Å². The van der Waals surface area contributed by atoms with Crippen molar-refractivity contribution in [1.29, 1.82) is 0 Å². The summed E-state index contributed by atoms with van der Waals surface area (Å²) in [5.41, 5.74) is 4.19. The standard InChI is InChI=1S/C16H15ClN2O2/c1-12-5-2-3-8-15(12)21-11-16(20)19-18-10-13-6-4-7-14(17)9-13/h2-10H,11H2,1H3,(H,19,20). The van der Waals surface area contributed by atoms with E-state index >= 15 is 0 Å². The highest BCUT2D eigenvalue weighted by atomic mass is 35.5. The Morgan fingerprint density at radius 2 is 2.10 bits per heavy atom. The van der Waals surface area contributed by atoms with Gasteiger partial charge in [-0.15, -0.1) is 0 Å². The summed E-state index contributed by atoms with van der Waals surface area (Å²) in [6.45, 7) is 1.84. The maximum atomic E-state index is 11.6. The van der Waals surface area contributed by atoms with Crippen LogP contribution < -0.4 is 10.2 Å². The van der Waals surface area contributed by atoms with E-state index in [1.807, 2.05) is 43.3 Å². The first kappa shape index (κ1) is 15.1. The van der Waals surface area contributed by atoms with Gasteiger partial charge < -0.3 is 4.74 Å². The molecule has 108 valence electrons. The molecule has 0 bridgehead atoms. The molecule has 0 heterocycles. The third kappa shape index (κ3) is 4.93. The van der Waals surface area contributed by atoms with Crippen LogP contribution in [0.1, 0.15) is 11.1 Å². The smallest absolute Gasteiger partial charge is 0.277 e. The third-order valence-corrected chi connectivity index (χ3v) is 2.94. The summed E-state index contributed by atoms with van der Waals surface area (Å²) in [6.07, 6.45) is 1.53. The summed E-state index contributed by atoms with van der Waals surface area (Å²) in [5, 5.41) is 4.47. The van der Waals surface area contributed by atoms with Crippen molar-refractivity contribution in [2.24, 2.45) is 5.10 Å². The molecular weight excluding hydrogens is 288 g/mol. The number of halogens is 1. The van der Waals surface area contributed by atoms with Gasteiger partial charge in [0.2, 0.25) is 0 Å². The summed E-state index contributed by atoms with van der Waals surface area (Å²) >= 11 is 5.85. The maximum absolute atomic E-state index is 11.6. The van der Waals surface area contributed by atoms with Crippen molar-refractivity contribution >= 4 is 23.7 Å². The molecule has 0 aliphatic rings. The summed E-state index contributed by atoms with van der Waals surface area (Å²) in [5.74, 6) is 0.364. The van der Waals surface area contributed by atoms with E-state index in [1.54, 1.807) is 12.1 Å². The summed E-state index contributed by atoms with van der Waals surface area (Å²) in [4.78, 5) is 11.6. The lowest BCUT2D eigenvalue weighted by molar-refractivity contribution is -0.123. The Morgan fingerprint density at radius 3 is 2.86 bits per heavy atom. The van der Waals surface area contributed by atoms with Gasteiger partial charge in [0, 0.05) is 5.02 Å². The number of nitrogens with zero attached hydrogens (tertiary/aromatic N) is 1. The van der Waals surface area contributed by atoms with Crippen LogP contribution in [-0.4, -0.2) is 18.7 Å². The van der Waals surface area contributed by atoms with Crippen LogP contribution in [-0.2, 0) is 4.79 Å². The molecule has 0 saturated heterocycles. The van der Waals surface area contributed by atoms with Crippen LogP contribution in [0.25, 0.3) is 0 Å². The molecule has 0 fully saturated rings. The number of para-hydroxylation sites is 1. The van der Waals surface area contributed by atoms with Crippen molar-refractivity contribution in [3.8, 4) is 5.75 Å². The fraction of sp³-hybridized carbons (Fsp3) is 0.125. The number of hydrazone groups is 1. The second-order valence-electron chi connectivity index (χ2n) is 4.40. The van der Waals surface area contributed by atoms with Crippen LogP contribution in [0.4, 0.5) is 0 Å². The zero-order valence-electron chi connectivity index (χ0n) is 11.5. The minimum Gasteiger partial charge on any atom is -0.483 e. The minimum atomic E-state index is -0.323. The number of rotatable bonds is 5. The number of aryl methyl sites for hydroxylation is 1. The zero-order chi connectivity index (χ0) is 15.1. The molecule has 1 amide bonds. The molecule has 0 aliphatic carbocycles. The van der Waals surface area contributed by atoms with Gasteiger partial charge in [-0.05, 0) is 36.2 Å². The summed E-state index contributed by atoms with van der Waals surface area (Å²) < 4.78 is 5.41. The van der Waals surface area contributed by atoms with Crippen LogP contribution in [0.3, 0.4) is 0 Å². The number of hydrogen-bond donors (Lipinski definition) is 1. The number of amides is 1. The van der Waals surface area contributed by atoms with E-state index in [4.69, 9.17) is 16.3 Å². The SMILES string of the molecule is Cc1ccccc1OCC(=O)NN=Cc1cccc(Cl)c1. The second kappa shape index (κ2) is 7.45. The highest BCUT2D eigenvalue weighted by Gasteiger charge is 2.02. The van der Waals surface area contributed by atoms with Crippen molar-refractivity contribution in [3.63, 3.8) is 0 Å². The van der Waals surface area contributed by atoms with Gasteiger partial charge in [0.15, 0.2) is 6.61 Å². The predicted octanol–water partition coefficient (Wildman–Crippen LogP) is 3.18. The summed E-state index contributed by atoms with van der Waals surface area (Å²) in [7, 11) is 0. The van der Waals surface area contributed by atoms with Crippen LogP contribution in [0, 0.1) is 6.92 Å². The van der Waals surface area contributed by atoms with Crippen LogP contribution in [0.2, 0.25) is 5.02 Å². The molecule has 4 nitrogen and oxygen atoms in total. The van der Waals surface area contributed by atoms with Crippen LogP contribution >= 0.6 is 11.6 Å². The molecule has 1 N–H and O–H groups in total. The maximum Gasteiger partial charge on any atom is 0.277 e. The molecule has 0 saturated carbocycles. The Labute approximate surface area is 128 Å². The number of benzene rings is 2. The molecule has 21 heavy (non-hydrogen) atoms. The Bertz CT molecular complexity index is 656. The highest BCUT2D eigenvalue weighted by molar-refractivity contribution is 6.30. The van der Waals surface area contributed by atoms with Gasteiger partial charge in [-0.3, -0.25) is 4.79 Å². The largest absolute Gasteiger partial charge is 0.483 e. The number of ether oxygens (including phenoxy) is 1. The zero-order valence-corrected chi connectivity index (χ0v) is 12.3. The van der Waals surface area contributed by atoms with Crippen molar-refractivity contribution in [2.75, 3.05) is 6.61 Å². The molecule has 0 radical (unpaired) electrons. The molecule has 0 unspecified atom stereocenters. The van der Waals surface area contributed by atoms with Crippen LogP contribution in [0.15, 0.2) is 53.6 Å². The van der Waals surface area contributed by atoms with Crippen molar-refractivity contribution < 1.29 is 9.53 Å². The Kier molecular flexibility index (Phi) is 5.35. The number of hydrogen-bond acceptors (Lipinski definition) is 3. The first-order valence-corrected chi connectivity index (χ1v) is 6.79. The molecule has 0 atom stereocenters. The normalized spacial score (nSPS) is 10.6. The van der Waals surface area contributed by atoms with Crippen molar-refractivity contribution in [1.82, 2.24) is 5.43 Å². The monoisotopic (exact) mass is 302 g/mol. The first-order chi connectivity index (χ1) is 10.1. The van der Waals surface area contributed by atoms with Crippen LogP contribution in [0.5, 0.6) is 5.75 Å². The highest BCUT2D eigenvalue weighted by Crippen LogP contribution is 2.15. The number of nitrogens with one attached hydrogen (secondary N) is 1. The topological polar surface area (TPSA) is 50.7 Å². The van der Waals surface area contributed by atoms with Gasteiger partial charge in [-0.1, -0.05) is 41.9 Å². The quantitative estimate of drug-likeness (QED) is 0.681. The Morgan fingerprint density at radius 1 is 1.29 bits per heavy atom. The molecular formula is C16H15ClN2O2. The lowest BCUT2D eigenvalue weighted by Crippen LogP contribution is -2.24.